The van der Waals surface area contributed by atoms with Crippen LogP contribution in [0.2, 0.25) is 10.2 Å². The van der Waals surface area contributed by atoms with Gasteiger partial charge in [-0.05, 0) is 43.2 Å². The number of carbonyl (C=O) groups is 1. The van der Waals surface area contributed by atoms with E-state index in [-0.39, 0.29) is 27.9 Å². The molecule has 0 aliphatic carbocycles. The van der Waals surface area contributed by atoms with Gasteiger partial charge in [0.25, 0.3) is 0 Å². The lowest BCUT2D eigenvalue weighted by Crippen LogP contribution is -2.22. The van der Waals surface area contributed by atoms with E-state index >= 15 is 0 Å². The zero-order valence-corrected chi connectivity index (χ0v) is 25.1. The van der Waals surface area contributed by atoms with Gasteiger partial charge < -0.3 is 9.88 Å². The molecule has 10 nitrogen and oxygen atoms in total. The highest BCUT2D eigenvalue weighted by molar-refractivity contribution is 6.31. The fraction of sp³-hybridized carbons (Fsp3) is 0.267. The molecule has 6 rings (SSSR count). The molecular weight excluding hydrogens is 613 g/mol. The summed E-state index contributed by atoms with van der Waals surface area (Å²) < 4.78 is 31.8. The van der Waals surface area contributed by atoms with E-state index in [1.807, 2.05) is 11.6 Å². The van der Waals surface area contributed by atoms with Gasteiger partial charge >= 0.3 is 6.55 Å². The molecular formula is C30H26Cl2F2N8O2. The number of fused-ring (bicyclic) bond motifs is 4. The van der Waals surface area contributed by atoms with E-state index in [1.165, 1.54) is 23.1 Å². The van der Waals surface area contributed by atoms with Crippen molar-refractivity contribution in [1.82, 2.24) is 34.3 Å². The molecule has 0 saturated carbocycles. The quantitative estimate of drug-likeness (QED) is 0.241. The van der Waals surface area contributed by atoms with Gasteiger partial charge in [0.15, 0.2) is 10.6 Å². The van der Waals surface area contributed by atoms with Crippen LogP contribution in [-0.2, 0) is 11.8 Å². The number of halogens is 4. The van der Waals surface area contributed by atoms with Crippen LogP contribution in [0.5, 0.6) is 0 Å². The lowest BCUT2D eigenvalue weighted by Gasteiger charge is -2.22. The van der Waals surface area contributed by atoms with Gasteiger partial charge in [-0.15, -0.1) is 5.10 Å². The summed E-state index contributed by atoms with van der Waals surface area (Å²) in [7, 11) is 1.82. The molecule has 1 amide bonds. The number of nitrogens with zero attached hydrogens (tertiary/aromatic N) is 7. The first-order valence-corrected chi connectivity index (χ1v) is 14.6. The van der Waals surface area contributed by atoms with Crippen molar-refractivity contribution < 1.29 is 13.6 Å². The highest BCUT2D eigenvalue weighted by atomic mass is 35.5. The van der Waals surface area contributed by atoms with E-state index in [0.29, 0.717) is 62.7 Å². The van der Waals surface area contributed by atoms with Crippen LogP contribution in [0.15, 0.2) is 66.0 Å². The smallest absolute Gasteiger partial charge is 0.333 e. The van der Waals surface area contributed by atoms with Crippen molar-refractivity contribution in [3.8, 4) is 28.2 Å². The normalized spacial score (nSPS) is 17.1. The zero-order chi connectivity index (χ0) is 31.1. The first-order chi connectivity index (χ1) is 21.1. The SMILES string of the molecule is CC1CCCC(c2cn(C)c(-c3cc(Cl)ccc3-n3cc(Cl)nn3)cc2=O)c2cc(ccn2)-c2c(cnn2C(F)F)NC1=O. The first kappa shape index (κ1) is 29.6. The molecule has 0 saturated heterocycles. The number of hydrogen-bond acceptors (Lipinski definition) is 6. The summed E-state index contributed by atoms with van der Waals surface area (Å²) in [5.41, 5.74) is 3.25. The average molecular weight is 639 g/mol. The lowest BCUT2D eigenvalue weighted by molar-refractivity contribution is -0.119. The molecule has 14 heteroatoms. The van der Waals surface area contributed by atoms with Crippen molar-refractivity contribution in [3.63, 3.8) is 0 Å². The minimum Gasteiger partial charge on any atom is -0.350 e. The van der Waals surface area contributed by atoms with Crippen molar-refractivity contribution in [2.45, 2.75) is 38.7 Å². The van der Waals surface area contributed by atoms with Crippen LogP contribution in [0, 0.1) is 5.92 Å². The second-order valence-corrected chi connectivity index (χ2v) is 11.5. The Morgan fingerprint density at radius 3 is 2.64 bits per heavy atom. The van der Waals surface area contributed by atoms with Crippen LogP contribution in [0.4, 0.5) is 14.5 Å². The minimum absolute atomic E-state index is 0.0634. The minimum atomic E-state index is -2.93. The largest absolute Gasteiger partial charge is 0.350 e. The zero-order valence-electron chi connectivity index (χ0n) is 23.6. The van der Waals surface area contributed by atoms with Gasteiger partial charge in [0.05, 0.1) is 35.2 Å². The van der Waals surface area contributed by atoms with Crippen molar-refractivity contribution in [2.75, 3.05) is 5.32 Å². The monoisotopic (exact) mass is 638 g/mol. The number of nitrogens with one attached hydrogen (secondary N) is 1. The molecule has 1 aromatic carbocycles. The summed E-state index contributed by atoms with van der Waals surface area (Å²) in [6.45, 7) is -1.15. The predicted octanol–water partition coefficient (Wildman–Crippen LogP) is 6.48. The Labute approximate surface area is 260 Å². The number of hydrogen-bond donors (Lipinski definition) is 1. The summed E-state index contributed by atoms with van der Waals surface area (Å²) in [6.07, 6.45) is 7.69. The van der Waals surface area contributed by atoms with E-state index in [9.17, 15) is 18.4 Å². The van der Waals surface area contributed by atoms with Crippen molar-refractivity contribution in [3.05, 3.63) is 92.8 Å². The Balaban J connectivity index is 1.48. The van der Waals surface area contributed by atoms with Crippen LogP contribution in [-0.4, -0.2) is 40.2 Å². The van der Waals surface area contributed by atoms with E-state index < -0.39 is 18.4 Å². The Morgan fingerprint density at radius 1 is 1.07 bits per heavy atom. The third-order valence-electron chi connectivity index (χ3n) is 7.81. The number of benzene rings is 1. The lowest BCUT2D eigenvalue weighted by atomic mass is 9.87. The van der Waals surface area contributed by atoms with Gasteiger partial charge in [-0.25, -0.2) is 9.36 Å². The summed E-state index contributed by atoms with van der Waals surface area (Å²) in [6, 6.07) is 10.00. The second-order valence-electron chi connectivity index (χ2n) is 10.7. The van der Waals surface area contributed by atoms with Crippen LogP contribution in [0.1, 0.15) is 49.9 Å². The molecule has 226 valence electrons. The van der Waals surface area contributed by atoms with Gasteiger partial charge in [-0.1, -0.05) is 41.8 Å². The molecule has 2 bridgehead atoms. The fourth-order valence-corrected chi connectivity index (χ4v) is 5.91. The molecule has 2 unspecified atom stereocenters. The molecule has 1 aliphatic rings. The Bertz CT molecular complexity index is 1940. The first-order valence-electron chi connectivity index (χ1n) is 13.8. The maximum Gasteiger partial charge on any atom is 0.333 e. The molecule has 2 atom stereocenters. The molecule has 0 fully saturated rings. The summed E-state index contributed by atoms with van der Waals surface area (Å²) in [5.74, 6) is -1.17. The Morgan fingerprint density at radius 2 is 1.89 bits per heavy atom. The maximum absolute atomic E-state index is 14.0. The van der Waals surface area contributed by atoms with Crippen LogP contribution in [0.3, 0.4) is 0 Å². The fourth-order valence-electron chi connectivity index (χ4n) is 5.61. The second kappa shape index (κ2) is 11.9. The standard InChI is InChI=1S/C30H26Cl2F2N8O2/c1-16-4-3-5-19(22-10-17(8-9-35-22)28-23(37-29(16)44)13-36-42(28)30(33)34)21-14-40(2)25(12-26(21)43)20-11-18(31)6-7-24(20)41-15-27(32)38-39-41/h6-16,19,30H,3-5H2,1-2H3,(H,37,44). The van der Waals surface area contributed by atoms with E-state index in [1.54, 1.807) is 49.6 Å². The number of aromatic nitrogens is 7. The van der Waals surface area contributed by atoms with Crippen LogP contribution >= 0.6 is 23.2 Å². The predicted molar refractivity (Wildman–Crippen MR) is 162 cm³/mol. The number of carbonyl (C=O) groups excluding carboxylic acids is 1. The van der Waals surface area contributed by atoms with Gasteiger partial charge in [0.1, 0.15) is 0 Å². The van der Waals surface area contributed by atoms with Crippen molar-refractivity contribution in [1.29, 1.82) is 0 Å². The number of pyridine rings is 2. The molecule has 1 aliphatic heterocycles. The van der Waals surface area contributed by atoms with Gasteiger partial charge in [-0.2, -0.15) is 13.9 Å². The van der Waals surface area contributed by atoms with E-state index in [4.69, 9.17) is 23.2 Å². The highest BCUT2D eigenvalue weighted by Gasteiger charge is 2.27. The molecule has 0 spiro atoms. The third-order valence-corrected chi connectivity index (χ3v) is 8.22. The van der Waals surface area contributed by atoms with E-state index in [2.05, 4.69) is 25.7 Å². The van der Waals surface area contributed by atoms with E-state index in [0.717, 1.165) is 0 Å². The van der Waals surface area contributed by atoms with Gasteiger partial charge in [0.2, 0.25) is 5.91 Å². The van der Waals surface area contributed by atoms with Crippen LogP contribution < -0.4 is 10.7 Å². The van der Waals surface area contributed by atoms with Gasteiger partial charge in [0, 0.05) is 64.8 Å². The van der Waals surface area contributed by atoms with Gasteiger partial charge in [-0.3, -0.25) is 14.6 Å². The number of amides is 1. The number of alkyl halides is 2. The Kier molecular flexibility index (Phi) is 8.04. The summed E-state index contributed by atoms with van der Waals surface area (Å²) in [5, 5.41) is 15.2. The molecule has 44 heavy (non-hydrogen) atoms. The summed E-state index contributed by atoms with van der Waals surface area (Å²) in [4.78, 5) is 31.4. The number of anilines is 1. The molecule has 0 radical (unpaired) electrons. The topological polar surface area (TPSA) is 113 Å². The third kappa shape index (κ3) is 5.62. The van der Waals surface area contributed by atoms with Crippen molar-refractivity contribution >= 4 is 34.8 Å². The number of rotatable bonds is 4. The highest BCUT2D eigenvalue weighted by Crippen LogP contribution is 2.37. The number of aryl methyl sites for hydroxylation is 1. The summed E-state index contributed by atoms with van der Waals surface area (Å²) >= 11 is 12.4. The van der Waals surface area contributed by atoms with Crippen LogP contribution in [0.25, 0.3) is 28.2 Å². The van der Waals surface area contributed by atoms with Crippen molar-refractivity contribution in [2.24, 2.45) is 13.0 Å². The Hall–Kier alpha value is -4.42. The molecule has 1 N–H and O–H groups in total. The maximum atomic E-state index is 14.0. The molecule has 5 heterocycles. The average Bonchev–Trinajstić information content (AvgIpc) is 3.62. The molecule has 5 aromatic rings. The molecule has 4 aromatic heterocycles.